The predicted octanol–water partition coefficient (Wildman–Crippen LogP) is 4.62. The van der Waals surface area contributed by atoms with E-state index in [1.165, 1.54) is 19.2 Å². The summed E-state index contributed by atoms with van der Waals surface area (Å²) < 4.78 is 20.6. The quantitative estimate of drug-likeness (QED) is 0.423. The van der Waals surface area contributed by atoms with Gasteiger partial charge in [-0.2, -0.15) is 0 Å². The number of hydrogen-bond donors (Lipinski definition) is 1. The van der Waals surface area contributed by atoms with Gasteiger partial charge in [0.2, 0.25) is 0 Å². The summed E-state index contributed by atoms with van der Waals surface area (Å²) in [5.41, 5.74) is 5.12. The molecule has 0 radical (unpaired) electrons. The molecule has 0 atom stereocenters. The van der Waals surface area contributed by atoms with Crippen molar-refractivity contribution in [2.24, 2.45) is 7.05 Å². The second-order valence-corrected chi connectivity index (χ2v) is 7.35. The number of halogens is 1. The van der Waals surface area contributed by atoms with Gasteiger partial charge in [0, 0.05) is 18.2 Å². The van der Waals surface area contributed by atoms with E-state index in [0.29, 0.717) is 28.3 Å². The van der Waals surface area contributed by atoms with Gasteiger partial charge < -0.3 is 14.3 Å². The third-order valence-electron chi connectivity index (χ3n) is 5.29. The molecule has 0 saturated heterocycles. The molecule has 1 N–H and O–H groups in total. The fourth-order valence-corrected chi connectivity index (χ4v) is 3.70. The van der Waals surface area contributed by atoms with Gasteiger partial charge >= 0.3 is 5.97 Å². The Morgan fingerprint density at radius 3 is 2.66 bits per heavy atom. The highest BCUT2D eigenvalue weighted by Gasteiger charge is 2.15. The van der Waals surface area contributed by atoms with Crippen molar-refractivity contribution in [3.05, 3.63) is 78.4 Å². The van der Waals surface area contributed by atoms with Gasteiger partial charge in [-0.25, -0.2) is 14.2 Å². The summed E-state index contributed by atoms with van der Waals surface area (Å²) in [6.07, 6.45) is 1.58. The summed E-state index contributed by atoms with van der Waals surface area (Å²) in [6.45, 7) is 0. The molecule has 0 aliphatic rings. The van der Waals surface area contributed by atoms with E-state index in [0.717, 1.165) is 22.2 Å². The highest BCUT2D eigenvalue weighted by atomic mass is 19.1. The first-order valence-corrected chi connectivity index (χ1v) is 9.86. The van der Waals surface area contributed by atoms with Gasteiger partial charge in [0.15, 0.2) is 5.82 Å². The Labute approximate surface area is 182 Å². The van der Waals surface area contributed by atoms with Crippen LogP contribution in [0.1, 0.15) is 10.4 Å². The van der Waals surface area contributed by atoms with Crippen LogP contribution in [-0.4, -0.2) is 37.8 Å². The molecule has 0 aliphatic carbocycles. The van der Waals surface area contributed by atoms with E-state index in [2.05, 4.69) is 20.2 Å². The Kier molecular flexibility index (Phi) is 4.74. The van der Waals surface area contributed by atoms with Crippen LogP contribution in [-0.2, 0) is 11.8 Å². The third kappa shape index (κ3) is 3.41. The number of nitrogens with zero attached hydrogens (tertiary/aromatic N) is 4. The van der Waals surface area contributed by atoms with Crippen LogP contribution in [0.4, 0.5) is 4.39 Å². The van der Waals surface area contributed by atoms with Crippen molar-refractivity contribution < 1.29 is 13.9 Å². The Hall–Kier alpha value is -4.33. The first-order chi connectivity index (χ1) is 15.5. The lowest BCUT2D eigenvalue weighted by molar-refractivity contribution is 0.0601. The van der Waals surface area contributed by atoms with Crippen LogP contribution < -0.4 is 0 Å². The number of methoxy groups -OCH3 is 1. The van der Waals surface area contributed by atoms with Crippen LogP contribution in [0.15, 0.2) is 67.0 Å². The smallest absolute Gasteiger partial charge is 0.337 e. The molecule has 8 heteroatoms. The highest BCUT2D eigenvalue weighted by Crippen LogP contribution is 2.33. The average Bonchev–Trinajstić information content (AvgIpc) is 3.44. The van der Waals surface area contributed by atoms with Crippen LogP contribution in [0.3, 0.4) is 0 Å². The lowest BCUT2D eigenvalue weighted by Gasteiger charge is -2.10. The Morgan fingerprint density at radius 1 is 1.03 bits per heavy atom. The second kappa shape index (κ2) is 7.73. The number of aromatic amines is 1. The lowest BCUT2D eigenvalue weighted by Crippen LogP contribution is -2.00. The summed E-state index contributed by atoms with van der Waals surface area (Å²) in [5, 5.41) is 8.06. The average molecular weight is 427 g/mol. The van der Waals surface area contributed by atoms with Gasteiger partial charge in [-0.3, -0.25) is 0 Å². The van der Waals surface area contributed by atoms with Gasteiger partial charge in [-0.05, 0) is 47.5 Å². The predicted molar refractivity (Wildman–Crippen MR) is 118 cm³/mol. The van der Waals surface area contributed by atoms with Crippen LogP contribution in [0.2, 0.25) is 0 Å². The fourth-order valence-electron chi connectivity index (χ4n) is 3.70. The number of esters is 1. The molecule has 2 heterocycles. The molecular weight excluding hydrogens is 409 g/mol. The molecule has 32 heavy (non-hydrogen) atoms. The number of H-pyrrole nitrogens is 1. The lowest BCUT2D eigenvalue weighted by atomic mass is 9.97. The van der Waals surface area contributed by atoms with E-state index in [4.69, 9.17) is 4.74 Å². The third-order valence-corrected chi connectivity index (χ3v) is 5.29. The topological polar surface area (TPSA) is 85.7 Å². The summed E-state index contributed by atoms with van der Waals surface area (Å²) in [4.78, 5) is 19.7. The first-order valence-electron chi connectivity index (χ1n) is 9.86. The number of imidazole rings is 1. The number of fused-ring (bicyclic) bond motifs is 1. The van der Waals surface area contributed by atoms with Gasteiger partial charge in [0.1, 0.15) is 18.0 Å². The number of ether oxygens (including phenoxy) is 1. The summed E-state index contributed by atoms with van der Waals surface area (Å²) in [5.74, 6) is 0.475. The monoisotopic (exact) mass is 427 g/mol. The highest BCUT2D eigenvalue weighted by molar-refractivity contribution is 5.94. The molecule has 0 aliphatic heterocycles. The molecular formula is C24H18FN5O2. The standard InChI is InChI=1S/C24H18FN5O2/c1-30-13-26-29-23(30)19-12-17(25)7-8-18(19)14-4-3-5-15(10-14)22-27-20-9-6-16(24(31)32-2)11-21(20)28-22/h3-13H,1-2H3,(H,27,28). The molecule has 5 rings (SSSR count). The molecule has 7 nitrogen and oxygen atoms in total. The summed E-state index contributed by atoms with van der Waals surface area (Å²) in [6, 6.07) is 17.6. The maximum Gasteiger partial charge on any atom is 0.337 e. The second-order valence-electron chi connectivity index (χ2n) is 7.35. The van der Waals surface area contributed by atoms with Crippen molar-refractivity contribution in [3.63, 3.8) is 0 Å². The van der Waals surface area contributed by atoms with Crippen LogP contribution in [0.5, 0.6) is 0 Å². The zero-order valence-corrected chi connectivity index (χ0v) is 17.3. The number of carbonyl (C=O) groups is 1. The van der Waals surface area contributed by atoms with Gasteiger partial charge in [0.25, 0.3) is 0 Å². The minimum Gasteiger partial charge on any atom is -0.465 e. The largest absolute Gasteiger partial charge is 0.465 e. The first kappa shape index (κ1) is 19.6. The van der Waals surface area contributed by atoms with E-state index < -0.39 is 5.97 Å². The zero-order valence-electron chi connectivity index (χ0n) is 17.3. The van der Waals surface area contributed by atoms with Crippen molar-refractivity contribution in [1.29, 1.82) is 0 Å². The fraction of sp³-hybridized carbons (Fsp3) is 0.0833. The molecule has 2 aromatic heterocycles. The molecule has 0 unspecified atom stereocenters. The zero-order chi connectivity index (χ0) is 22.2. The van der Waals surface area contributed by atoms with Crippen molar-refractivity contribution in [2.45, 2.75) is 0 Å². The van der Waals surface area contributed by atoms with Gasteiger partial charge in [0.05, 0.1) is 23.7 Å². The maximum atomic E-state index is 14.1. The minimum atomic E-state index is -0.411. The van der Waals surface area contributed by atoms with Crippen molar-refractivity contribution in [3.8, 4) is 33.9 Å². The molecule has 5 aromatic rings. The van der Waals surface area contributed by atoms with Crippen molar-refractivity contribution in [1.82, 2.24) is 24.7 Å². The Balaban J connectivity index is 1.59. The minimum absolute atomic E-state index is 0.346. The molecule has 0 bridgehead atoms. The number of hydrogen-bond acceptors (Lipinski definition) is 5. The molecule has 158 valence electrons. The normalized spacial score (nSPS) is 11.1. The number of carbonyl (C=O) groups excluding carboxylic acids is 1. The van der Waals surface area contributed by atoms with E-state index >= 15 is 0 Å². The van der Waals surface area contributed by atoms with E-state index in [1.54, 1.807) is 35.2 Å². The number of benzene rings is 3. The molecule has 0 spiro atoms. The van der Waals surface area contributed by atoms with Crippen LogP contribution >= 0.6 is 0 Å². The van der Waals surface area contributed by atoms with Crippen LogP contribution in [0, 0.1) is 5.82 Å². The Morgan fingerprint density at radius 2 is 1.88 bits per heavy atom. The van der Waals surface area contributed by atoms with Gasteiger partial charge in [-0.15, -0.1) is 10.2 Å². The number of nitrogens with one attached hydrogen (secondary N) is 1. The molecule has 3 aromatic carbocycles. The number of rotatable bonds is 4. The van der Waals surface area contributed by atoms with Crippen molar-refractivity contribution >= 4 is 17.0 Å². The Bertz CT molecular complexity index is 1470. The number of aryl methyl sites for hydroxylation is 1. The maximum absolute atomic E-state index is 14.1. The van der Waals surface area contributed by atoms with E-state index in [1.807, 2.05) is 31.3 Å². The summed E-state index contributed by atoms with van der Waals surface area (Å²) in [7, 11) is 3.16. The molecule has 0 fully saturated rings. The van der Waals surface area contributed by atoms with E-state index in [9.17, 15) is 9.18 Å². The van der Waals surface area contributed by atoms with E-state index in [-0.39, 0.29) is 5.82 Å². The van der Waals surface area contributed by atoms with Gasteiger partial charge in [-0.1, -0.05) is 24.3 Å². The molecule has 0 amide bonds. The SMILES string of the molecule is COC(=O)c1ccc2[nH]c(-c3cccc(-c4ccc(F)cc4-c4nncn4C)c3)nc2c1. The summed E-state index contributed by atoms with van der Waals surface area (Å²) >= 11 is 0. The van der Waals surface area contributed by atoms with Crippen molar-refractivity contribution in [2.75, 3.05) is 7.11 Å². The van der Waals surface area contributed by atoms with Crippen LogP contribution in [0.25, 0.3) is 44.9 Å². The molecule has 0 saturated carbocycles. The number of aromatic nitrogens is 5.